The zero-order valence-electron chi connectivity index (χ0n) is 11.2. The van der Waals surface area contributed by atoms with Crippen molar-refractivity contribution < 1.29 is 4.39 Å². The molecule has 0 atom stereocenters. The lowest BCUT2D eigenvalue weighted by molar-refractivity contribution is 0.637. The van der Waals surface area contributed by atoms with E-state index in [1.54, 1.807) is 18.2 Å². The van der Waals surface area contributed by atoms with Gasteiger partial charge >= 0.3 is 0 Å². The van der Waals surface area contributed by atoms with E-state index in [1.807, 2.05) is 17.6 Å². The van der Waals surface area contributed by atoms with E-state index in [0.717, 1.165) is 0 Å². The number of imidazole rings is 1. The van der Waals surface area contributed by atoms with Crippen molar-refractivity contribution in [1.82, 2.24) is 9.55 Å². The van der Waals surface area contributed by atoms with Gasteiger partial charge in [0.1, 0.15) is 11.3 Å². The number of anilines is 1. The molecule has 0 aliphatic heterocycles. The third-order valence-corrected chi connectivity index (χ3v) is 4.06. The molecule has 0 radical (unpaired) electrons. The second-order valence-corrected chi connectivity index (χ2v) is 5.42. The SMILES string of the molecule is CCn1c(-c2c(Cl)ccc(Cl)c2N)nc2c(F)cccc21. The van der Waals surface area contributed by atoms with Crippen molar-refractivity contribution >= 4 is 39.9 Å². The molecule has 21 heavy (non-hydrogen) atoms. The van der Waals surface area contributed by atoms with Gasteiger partial charge in [-0.1, -0.05) is 29.3 Å². The fourth-order valence-electron chi connectivity index (χ4n) is 2.42. The number of aromatic nitrogens is 2. The zero-order valence-corrected chi connectivity index (χ0v) is 12.7. The number of nitrogens with two attached hydrogens (primary N) is 1. The Morgan fingerprint density at radius 1 is 1.19 bits per heavy atom. The summed E-state index contributed by atoms with van der Waals surface area (Å²) in [7, 11) is 0. The Labute approximate surface area is 131 Å². The van der Waals surface area contributed by atoms with Crippen LogP contribution in [0.3, 0.4) is 0 Å². The van der Waals surface area contributed by atoms with Crippen LogP contribution < -0.4 is 5.73 Å². The van der Waals surface area contributed by atoms with Crippen LogP contribution in [0.4, 0.5) is 10.1 Å². The Balaban J connectivity index is 2.41. The normalized spacial score (nSPS) is 11.2. The first-order valence-corrected chi connectivity index (χ1v) is 7.18. The highest BCUT2D eigenvalue weighted by Gasteiger charge is 2.19. The van der Waals surface area contributed by atoms with Crippen LogP contribution in [0, 0.1) is 5.82 Å². The van der Waals surface area contributed by atoms with Crippen molar-refractivity contribution in [1.29, 1.82) is 0 Å². The number of hydrogen-bond donors (Lipinski definition) is 1. The van der Waals surface area contributed by atoms with E-state index in [0.29, 0.717) is 44.7 Å². The second kappa shape index (κ2) is 5.20. The molecule has 6 heteroatoms. The van der Waals surface area contributed by atoms with Crippen molar-refractivity contribution in [2.24, 2.45) is 0 Å². The summed E-state index contributed by atoms with van der Waals surface area (Å²) in [6.45, 7) is 2.56. The van der Waals surface area contributed by atoms with E-state index in [4.69, 9.17) is 28.9 Å². The number of para-hydroxylation sites is 1. The van der Waals surface area contributed by atoms with Crippen LogP contribution in [0.1, 0.15) is 6.92 Å². The van der Waals surface area contributed by atoms with E-state index in [-0.39, 0.29) is 5.82 Å². The Kier molecular flexibility index (Phi) is 3.51. The number of fused-ring (bicyclic) bond motifs is 1. The summed E-state index contributed by atoms with van der Waals surface area (Å²) >= 11 is 12.3. The maximum Gasteiger partial charge on any atom is 0.151 e. The predicted molar refractivity (Wildman–Crippen MR) is 85.2 cm³/mol. The number of halogens is 3. The minimum absolute atomic E-state index is 0.296. The van der Waals surface area contributed by atoms with E-state index in [9.17, 15) is 4.39 Å². The highest BCUT2D eigenvalue weighted by atomic mass is 35.5. The first-order valence-electron chi connectivity index (χ1n) is 6.43. The standard InChI is InChI=1S/C15H12Cl2FN3/c1-2-21-11-5-3-4-10(18)14(11)20-15(21)12-8(16)6-7-9(17)13(12)19/h3-7H,2,19H2,1H3. The van der Waals surface area contributed by atoms with Crippen molar-refractivity contribution in [3.8, 4) is 11.4 Å². The third-order valence-electron chi connectivity index (χ3n) is 3.41. The van der Waals surface area contributed by atoms with Gasteiger partial charge in [-0.05, 0) is 31.2 Å². The molecule has 2 N–H and O–H groups in total. The molecule has 1 aromatic heterocycles. The Morgan fingerprint density at radius 3 is 2.62 bits per heavy atom. The molecule has 0 aliphatic carbocycles. The Hall–Kier alpha value is -1.78. The van der Waals surface area contributed by atoms with Crippen molar-refractivity contribution in [3.63, 3.8) is 0 Å². The molecule has 0 aliphatic rings. The lowest BCUT2D eigenvalue weighted by Crippen LogP contribution is -2.01. The van der Waals surface area contributed by atoms with Gasteiger partial charge in [-0.2, -0.15) is 0 Å². The Morgan fingerprint density at radius 2 is 1.90 bits per heavy atom. The summed E-state index contributed by atoms with van der Waals surface area (Å²) in [5.74, 6) is 0.139. The number of benzene rings is 2. The minimum atomic E-state index is -0.377. The molecule has 1 heterocycles. The number of nitrogen functional groups attached to an aromatic ring is 1. The van der Waals surface area contributed by atoms with Crippen LogP contribution in [0.25, 0.3) is 22.4 Å². The maximum absolute atomic E-state index is 13.9. The smallest absolute Gasteiger partial charge is 0.151 e. The molecule has 3 nitrogen and oxygen atoms in total. The van der Waals surface area contributed by atoms with Crippen LogP contribution >= 0.6 is 23.2 Å². The monoisotopic (exact) mass is 323 g/mol. The first-order chi connectivity index (χ1) is 10.0. The molecule has 0 bridgehead atoms. The summed E-state index contributed by atoms with van der Waals surface area (Å²) in [5, 5.41) is 0.826. The number of nitrogens with zero attached hydrogens (tertiary/aromatic N) is 2. The maximum atomic E-state index is 13.9. The minimum Gasteiger partial charge on any atom is -0.397 e. The molecule has 3 rings (SSSR count). The summed E-state index contributed by atoms with van der Waals surface area (Å²) in [5.41, 5.74) is 7.90. The lowest BCUT2D eigenvalue weighted by Gasteiger charge is -2.11. The van der Waals surface area contributed by atoms with E-state index >= 15 is 0 Å². The topological polar surface area (TPSA) is 43.8 Å². The van der Waals surface area contributed by atoms with Gasteiger partial charge in [-0.15, -0.1) is 0 Å². The van der Waals surface area contributed by atoms with Gasteiger partial charge in [0.25, 0.3) is 0 Å². The molecule has 0 fully saturated rings. The average Bonchev–Trinajstić information content (AvgIpc) is 2.83. The molecule has 2 aromatic carbocycles. The van der Waals surface area contributed by atoms with Crippen molar-refractivity contribution in [2.75, 3.05) is 5.73 Å². The molecular weight excluding hydrogens is 312 g/mol. The van der Waals surface area contributed by atoms with Crippen LogP contribution in [-0.4, -0.2) is 9.55 Å². The van der Waals surface area contributed by atoms with Gasteiger partial charge in [-0.25, -0.2) is 9.37 Å². The van der Waals surface area contributed by atoms with Crippen molar-refractivity contribution in [3.05, 3.63) is 46.2 Å². The van der Waals surface area contributed by atoms with Gasteiger partial charge < -0.3 is 10.3 Å². The molecule has 0 saturated heterocycles. The van der Waals surface area contributed by atoms with Crippen LogP contribution in [0.15, 0.2) is 30.3 Å². The summed E-state index contributed by atoms with van der Waals surface area (Å²) in [6, 6.07) is 8.13. The van der Waals surface area contributed by atoms with Crippen LogP contribution in [0.2, 0.25) is 10.0 Å². The number of aryl methyl sites for hydroxylation is 1. The fourth-order valence-corrected chi connectivity index (χ4v) is 2.83. The number of rotatable bonds is 2. The highest BCUT2D eigenvalue weighted by Crippen LogP contribution is 2.38. The summed E-state index contributed by atoms with van der Waals surface area (Å²) in [4.78, 5) is 4.38. The van der Waals surface area contributed by atoms with E-state index in [2.05, 4.69) is 4.98 Å². The molecule has 3 aromatic rings. The summed E-state index contributed by atoms with van der Waals surface area (Å²) < 4.78 is 15.8. The zero-order chi connectivity index (χ0) is 15.1. The fraction of sp³-hybridized carbons (Fsp3) is 0.133. The van der Waals surface area contributed by atoms with Gasteiger partial charge in [0.15, 0.2) is 5.82 Å². The Bertz CT molecular complexity index is 843. The highest BCUT2D eigenvalue weighted by molar-refractivity contribution is 6.37. The van der Waals surface area contributed by atoms with Gasteiger partial charge in [0, 0.05) is 6.54 Å². The molecular formula is C15H12Cl2FN3. The molecule has 0 unspecified atom stereocenters. The molecule has 0 amide bonds. The third kappa shape index (κ3) is 2.15. The van der Waals surface area contributed by atoms with E-state index < -0.39 is 0 Å². The first kappa shape index (κ1) is 14.2. The quantitative estimate of drug-likeness (QED) is 0.691. The van der Waals surface area contributed by atoms with Crippen LogP contribution in [-0.2, 0) is 6.54 Å². The van der Waals surface area contributed by atoms with Crippen LogP contribution in [0.5, 0.6) is 0 Å². The number of hydrogen-bond acceptors (Lipinski definition) is 2. The van der Waals surface area contributed by atoms with Gasteiger partial charge in [0.05, 0.1) is 26.8 Å². The molecule has 0 spiro atoms. The van der Waals surface area contributed by atoms with Gasteiger partial charge in [-0.3, -0.25) is 0 Å². The molecule has 0 saturated carbocycles. The van der Waals surface area contributed by atoms with Gasteiger partial charge in [0.2, 0.25) is 0 Å². The lowest BCUT2D eigenvalue weighted by atomic mass is 10.1. The van der Waals surface area contributed by atoms with E-state index in [1.165, 1.54) is 6.07 Å². The second-order valence-electron chi connectivity index (χ2n) is 4.61. The predicted octanol–water partition coefficient (Wildman–Crippen LogP) is 4.75. The molecule has 108 valence electrons. The largest absolute Gasteiger partial charge is 0.397 e. The average molecular weight is 324 g/mol. The van der Waals surface area contributed by atoms with Crippen molar-refractivity contribution in [2.45, 2.75) is 13.5 Å². The summed E-state index contributed by atoms with van der Waals surface area (Å²) in [6.07, 6.45) is 0.